The molecule has 0 aliphatic rings. The van der Waals surface area contributed by atoms with E-state index < -0.39 is 42.2 Å². The van der Waals surface area contributed by atoms with Crippen LogP contribution in [0.15, 0.2) is 0 Å². The Bertz CT molecular complexity index is 357. The second kappa shape index (κ2) is 7.22. The second-order valence-corrected chi connectivity index (χ2v) is 3.56. The zero-order valence-electron chi connectivity index (χ0n) is 9.80. The number of hydrogen-bond acceptors (Lipinski definition) is 5. The summed E-state index contributed by atoms with van der Waals surface area (Å²) in [5.74, 6) is -3.55. The molecule has 0 bridgehead atoms. The van der Waals surface area contributed by atoms with Crippen molar-refractivity contribution in [3.8, 4) is 0 Å². The third kappa shape index (κ3) is 5.80. The summed E-state index contributed by atoms with van der Waals surface area (Å²) < 4.78 is 0. The minimum absolute atomic E-state index is 0.290. The Morgan fingerprint density at radius 1 is 1.22 bits per heavy atom. The number of rotatable bonds is 7. The molecule has 0 heterocycles. The Labute approximate surface area is 103 Å². The number of amides is 3. The van der Waals surface area contributed by atoms with E-state index in [9.17, 15) is 19.2 Å². The van der Waals surface area contributed by atoms with Crippen molar-refractivity contribution in [2.24, 2.45) is 11.5 Å². The molecule has 3 amide bonds. The number of carbonyl (C=O) groups is 4. The van der Waals surface area contributed by atoms with Gasteiger partial charge in [-0.25, -0.2) is 4.79 Å². The monoisotopic (exact) mass is 260 g/mol. The number of carboxylic acids is 1. The van der Waals surface area contributed by atoms with E-state index in [1.165, 1.54) is 6.92 Å². The van der Waals surface area contributed by atoms with Crippen LogP contribution in [0.2, 0.25) is 0 Å². The molecule has 7 N–H and O–H groups in total. The van der Waals surface area contributed by atoms with E-state index in [-0.39, 0.29) is 6.54 Å². The molecule has 0 fully saturated rings. The maximum atomic E-state index is 11.5. The third-order valence-electron chi connectivity index (χ3n) is 1.98. The van der Waals surface area contributed by atoms with Crippen molar-refractivity contribution < 1.29 is 24.3 Å². The van der Waals surface area contributed by atoms with Gasteiger partial charge in [0.1, 0.15) is 12.1 Å². The van der Waals surface area contributed by atoms with Crippen LogP contribution in [0.25, 0.3) is 0 Å². The summed E-state index contributed by atoms with van der Waals surface area (Å²) in [6, 6.07) is -2.39. The van der Waals surface area contributed by atoms with E-state index in [1.807, 2.05) is 0 Å². The van der Waals surface area contributed by atoms with Crippen LogP contribution in [-0.2, 0) is 19.2 Å². The zero-order valence-corrected chi connectivity index (χ0v) is 9.80. The van der Waals surface area contributed by atoms with E-state index in [0.717, 1.165) is 0 Å². The molecule has 0 saturated carbocycles. The first-order valence-corrected chi connectivity index (χ1v) is 5.08. The highest BCUT2D eigenvalue weighted by Crippen LogP contribution is 1.93. The molecule has 102 valence electrons. The summed E-state index contributed by atoms with van der Waals surface area (Å²) in [5.41, 5.74) is 9.88. The maximum Gasteiger partial charge on any atom is 0.326 e. The van der Waals surface area contributed by atoms with Crippen molar-refractivity contribution in [2.75, 3.05) is 6.54 Å². The first kappa shape index (κ1) is 15.8. The van der Waals surface area contributed by atoms with E-state index in [1.54, 1.807) is 0 Å². The van der Waals surface area contributed by atoms with Gasteiger partial charge in [-0.15, -0.1) is 0 Å². The van der Waals surface area contributed by atoms with Gasteiger partial charge in [-0.2, -0.15) is 0 Å². The minimum atomic E-state index is -1.42. The van der Waals surface area contributed by atoms with Crippen LogP contribution in [0.5, 0.6) is 0 Å². The van der Waals surface area contributed by atoms with Crippen LogP contribution in [-0.4, -0.2) is 47.4 Å². The van der Waals surface area contributed by atoms with Gasteiger partial charge in [-0.1, -0.05) is 0 Å². The third-order valence-corrected chi connectivity index (χ3v) is 1.98. The van der Waals surface area contributed by atoms with E-state index in [4.69, 9.17) is 16.6 Å². The number of carboxylic acid groups (broad SMARTS) is 1. The Morgan fingerprint density at radius 2 is 1.78 bits per heavy atom. The lowest BCUT2D eigenvalue weighted by Gasteiger charge is -2.17. The highest BCUT2D eigenvalue weighted by atomic mass is 16.4. The molecular weight excluding hydrogens is 244 g/mol. The molecule has 0 aromatic carbocycles. The quantitative estimate of drug-likeness (QED) is 0.325. The number of primary amides is 1. The molecule has 9 nitrogen and oxygen atoms in total. The van der Waals surface area contributed by atoms with Crippen molar-refractivity contribution in [1.29, 1.82) is 0 Å². The Hall–Kier alpha value is -2.16. The lowest BCUT2D eigenvalue weighted by atomic mass is 10.2. The van der Waals surface area contributed by atoms with Crippen molar-refractivity contribution in [3.63, 3.8) is 0 Å². The van der Waals surface area contributed by atoms with Crippen molar-refractivity contribution in [2.45, 2.75) is 25.4 Å². The number of nitrogens with one attached hydrogen (secondary N) is 2. The first-order chi connectivity index (χ1) is 8.27. The SMILES string of the molecule is CC(NC(=O)CN)C(=O)NC(CC(N)=O)C(=O)O. The summed E-state index contributed by atoms with van der Waals surface area (Å²) in [7, 11) is 0. The van der Waals surface area contributed by atoms with Crippen molar-refractivity contribution >= 4 is 23.7 Å². The maximum absolute atomic E-state index is 11.5. The van der Waals surface area contributed by atoms with Crippen LogP contribution in [0.1, 0.15) is 13.3 Å². The molecule has 0 rings (SSSR count). The zero-order chi connectivity index (χ0) is 14.3. The minimum Gasteiger partial charge on any atom is -0.480 e. The van der Waals surface area contributed by atoms with E-state index in [2.05, 4.69) is 10.6 Å². The standard InChI is InChI=1S/C9H16N4O5/c1-4(12-7(15)3-10)8(16)13-5(9(17)18)2-6(11)14/h4-5H,2-3,10H2,1H3,(H2,11,14)(H,12,15)(H,13,16)(H,17,18). The van der Waals surface area contributed by atoms with Gasteiger partial charge < -0.3 is 27.2 Å². The summed E-state index contributed by atoms with van der Waals surface area (Å²) in [6.07, 6.45) is -0.529. The number of nitrogens with two attached hydrogens (primary N) is 2. The van der Waals surface area contributed by atoms with E-state index >= 15 is 0 Å². The molecule has 0 saturated heterocycles. The van der Waals surface area contributed by atoms with Gasteiger partial charge in [-0.05, 0) is 6.92 Å². The molecule has 0 spiro atoms. The Morgan fingerprint density at radius 3 is 2.17 bits per heavy atom. The Balaban J connectivity index is 4.45. The normalized spacial score (nSPS) is 13.2. The summed E-state index contributed by atoms with van der Waals surface area (Å²) >= 11 is 0. The molecule has 0 aliphatic heterocycles. The van der Waals surface area contributed by atoms with Gasteiger partial charge in [0, 0.05) is 0 Å². The summed E-state index contributed by atoms with van der Waals surface area (Å²) in [5, 5.41) is 13.1. The largest absolute Gasteiger partial charge is 0.480 e. The van der Waals surface area contributed by atoms with Crippen LogP contribution in [0, 0.1) is 0 Å². The van der Waals surface area contributed by atoms with Gasteiger partial charge >= 0.3 is 5.97 Å². The molecular formula is C9H16N4O5. The van der Waals surface area contributed by atoms with Crippen molar-refractivity contribution in [1.82, 2.24) is 10.6 Å². The van der Waals surface area contributed by atoms with Gasteiger partial charge in [0.2, 0.25) is 17.7 Å². The second-order valence-electron chi connectivity index (χ2n) is 3.56. The molecule has 9 heteroatoms. The van der Waals surface area contributed by atoms with Crippen LogP contribution in [0.3, 0.4) is 0 Å². The highest BCUT2D eigenvalue weighted by Gasteiger charge is 2.25. The Kier molecular flexibility index (Phi) is 6.35. The van der Waals surface area contributed by atoms with Gasteiger partial charge in [0.15, 0.2) is 0 Å². The number of aliphatic carboxylic acids is 1. The fraction of sp³-hybridized carbons (Fsp3) is 0.556. The van der Waals surface area contributed by atoms with Gasteiger partial charge in [0.25, 0.3) is 0 Å². The average molecular weight is 260 g/mol. The smallest absolute Gasteiger partial charge is 0.326 e. The predicted octanol–water partition coefficient (Wildman–Crippen LogP) is -3.11. The predicted molar refractivity (Wildman–Crippen MR) is 60.0 cm³/mol. The van der Waals surface area contributed by atoms with Crippen molar-refractivity contribution in [3.05, 3.63) is 0 Å². The lowest BCUT2D eigenvalue weighted by Crippen LogP contribution is -2.52. The number of carbonyl (C=O) groups excluding carboxylic acids is 3. The molecule has 18 heavy (non-hydrogen) atoms. The fourth-order valence-electron chi connectivity index (χ4n) is 1.06. The summed E-state index contributed by atoms with van der Waals surface area (Å²) in [4.78, 5) is 43.8. The topological polar surface area (TPSA) is 165 Å². The first-order valence-electron chi connectivity index (χ1n) is 5.08. The van der Waals surface area contributed by atoms with E-state index in [0.29, 0.717) is 0 Å². The molecule has 2 unspecified atom stereocenters. The molecule has 2 atom stereocenters. The fourth-order valence-corrected chi connectivity index (χ4v) is 1.06. The van der Waals surface area contributed by atoms with Crippen LogP contribution < -0.4 is 22.1 Å². The molecule has 0 radical (unpaired) electrons. The molecule has 0 aliphatic carbocycles. The van der Waals surface area contributed by atoms with Crippen LogP contribution in [0.4, 0.5) is 0 Å². The van der Waals surface area contributed by atoms with Gasteiger partial charge in [-0.3, -0.25) is 14.4 Å². The highest BCUT2D eigenvalue weighted by molar-refractivity contribution is 5.92. The molecule has 0 aromatic rings. The van der Waals surface area contributed by atoms with Gasteiger partial charge in [0.05, 0.1) is 13.0 Å². The lowest BCUT2D eigenvalue weighted by molar-refractivity contribution is -0.143. The summed E-state index contributed by atoms with van der Waals surface area (Å²) in [6.45, 7) is 1.06. The number of hydrogen-bond donors (Lipinski definition) is 5. The van der Waals surface area contributed by atoms with Crippen LogP contribution >= 0.6 is 0 Å². The molecule has 0 aromatic heterocycles. The average Bonchev–Trinajstić information content (AvgIpc) is 2.26.